The normalized spacial score (nSPS) is 13.7. The molecule has 0 atom stereocenters. The first-order valence-electron chi connectivity index (χ1n) is 21.9. The summed E-state index contributed by atoms with van der Waals surface area (Å²) in [5.74, 6) is -0.0671. The maximum absolute atomic E-state index is 10.1. The summed E-state index contributed by atoms with van der Waals surface area (Å²) in [5, 5.41) is 7.22. The lowest BCUT2D eigenvalue weighted by Crippen LogP contribution is -2.00. The second-order valence-electron chi connectivity index (χ2n) is 13.3. The van der Waals surface area contributed by atoms with Crippen LogP contribution in [0.5, 0.6) is 0 Å². The molecule has 11 rings (SSSR count). The molecule has 256 valence electrons. The Morgan fingerprint density at radius 3 is 1.67 bits per heavy atom. The van der Waals surface area contributed by atoms with Crippen LogP contribution in [0.15, 0.2) is 192 Å². The molecule has 0 aliphatic rings. The van der Waals surface area contributed by atoms with Crippen molar-refractivity contribution >= 4 is 54.3 Å². The fourth-order valence-electron chi connectivity index (χ4n) is 7.59. The van der Waals surface area contributed by atoms with E-state index in [2.05, 4.69) is 36.4 Å². The molecule has 0 amide bonds. The van der Waals surface area contributed by atoms with Gasteiger partial charge in [0.1, 0.15) is 11.2 Å². The van der Waals surface area contributed by atoms with Gasteiger partial charge in [-0.15, -0.1) is 0 Å². The van der Waals surface area contributed by atoms with Crippen LogP contribution in [0.3, 0.4) is 0 Å². The van der Waals surface area contributed by atoms with Gasteiger partial charge in [-0.3, -0.25) is 0 Å². The van der Waals surface area contributed by atoms with Crippen molar-refractivity contribution in [2.24, 2.45) is 0 Å². The predicted molar refractivity (Wildman–Crippen MR) is 227 cm³/mol. The number of fused-ring (bicyclic) bond motifs is 9. The molecule has 0 fully saturated rings. The average Bonchev–Trinajstić information content (AvgIpc) is 3.68. The largest absolute Gasteiger partial charge is 0.456 e. The Morgan fingerprint density at radius 1 is 0.364 bits per heavy atom. The molecule has 0 radical (unpaired) electrons. The van der Waals surface area contributed by atoms with E-state index in [1.807, 2.05) is 84.9 Å². The standard InChI is InChI=1S/C51H31N3O/c1-3-13-32(14-4-1)33-23-25-35(26-24-33)50-52-49(34-15-5-2-6-16-34)53-51(54-50)45-30-37(31-47-48(45)43-21-11-12-22-46(43)55-47)36-27-28-42-40-19-8-7-17-38(40)39-18-9-10-20-41(39)44(42)29-36/h1-31H/i2D,5D,6D,11D,15D,16D,22D,30D. The first kappa shape index (κ1) is 24.0. The third kappa shape index (κ3) is 5.26. The third-order valence-electron chi connectivity index (χ3n) is 10.2. The monoisotopic (exact) mass is 709 g/mol. The van der Waals surface area contributed by atoms with Gasteiger partial charge < -0.3 is 4.42 Å². The highest BCUT2D eigenvalue weighted by Crippen LogP contribution is 2.42. The number of para-hydroxylation sites is 1. The van der Waals surface area contributed by atoms with Gasteiger partial charge in [0.15, 0.2) is 17.5 Å². The Kier molecular flexibility index (Phi) is 5.50. The minimum absolute atomic E-state index is 0.00792. The highest BCUT2D eigenvalue weighted by Gasteiger charge is 2.20. The van der Waals surface area contributed by atoms with Crippen LogP contribution in [0.2, 0.25) is 0 Å². The van der Waals surface area contributed by atoms with Crippen LogP contribution in [0, 0.1) is 0 Å². The number of hydrogen-bond donors (Lipinski definition) is 0. The molecule has 0 saturated heterocycles. The summed E-state index contributed by atoms with van der Waals surface area (Å²) in [4.78, 5) is 14.6. The second kappa shape index (κ2) is 12.6. The van der Waals surface area contributed by atoms with Gasteiger partial charge >= 0.3 is 0 Å². The molecule has 0 unspecified atom stereocenters. The van der Waals surface area contributed by atoms with Gasteiger partial charge in [-0.1, -0.05) is 164 Å². The minimum atomic E-state index is -0.555. The Bertz CT molecular complexity index is 3660. The van der Waals surface area contributed by atoms with E-state index in [0.29, 0.717) is 33.0 Å². The quantitative estimate of drug-likeness (QED) is 0.167. The Balaban J connectivity index is 1.22. The Morgan fingerprint density at radius 2 is 0.945 bits per heavy atom. The maximum atomic E-state index is 10.1. The lowest BCUT2D eigenvalue weighted by Gasteiger charge is -2.13. The van der Waals surface area contributed by atoms with Crippen LogP contribution in [-0.2, 0) is 0 Å². The molecule has 9 aromatic carbocycles. The van der Waals surface area contributed by atoms with Gasteiger partial charge in [-0.05, 0) is 78.8 Å². The van der Waals surface area contributed by atoms with E-state index in [4.69, 9.17) is 29.0 Å². The first-order valence-corrected chi connectivity index (χ1v) is 17.9. The molecule has 0 spiro atoms. The summed E-state index contributed by atoms with van der Waals surface area (Å²) < 4.78 is 77.0. The van der Waals surface area contributed by atoms with Crippen LogP contribution < -0.4 is 0 Å². The molecule has 2 aromatic heterocycles. The number of benzene rings is 9. The summed E-state index contributed by atoms with van der Waals surface area (Å²) >= 11 is 0. The van der Waals surface area contributed by atoms with E-state index < -0.39 is 30.2 Å². The number of rotatable bonds is 5. The van der Waals surface area contributed by atoms with Crippen molar-refractivity contribution < 1.29 is 15.4 Å². The average molecular weight is 710 g/mol. The van der Waals surface area contributed by atoms with Crippen molar-refractivity contribution in [2.75, 3.05) is 0 Å². The maximum Gasteiger partial charge on any atom is 0.164 e. The van der Waals surface area contributed by atoms with Crippen LogP contribution >= 0.6 is 0 Å². The van der Waals surface area contributed by atoms with E-state index in [1.54, 1.807) is 12.1 Å². The summed E-state index contributed by atoms with van der Waals surface area (Å²) in [6.45, 7) is 0. The molecule has 0 bridgehead atoms. The lowest BCUT2D eigenvalue weighted by molar-refractivity contribution is 0.669. The zero-order chi connectivity index (χ0) is 43.3. The molecule has 4 nitrogen and oxygen atoms in total. The number of aromatic nitrogens is 3. The third-order valence-corrected chi connectivity index (χ3v) is 10.2. The van der Waals surface area contributed by atoms with Gasteiger partial charge in [0.05, 0.1) is 11.0 Å². The molecule has 4 heteroatoms. The molecule has 55 heavy (non-hydrogen) atoms. The summed E-state index contributed by atoms with van der Waals surface area (Å²) in [7, 11) is 0. The molecule has 0 aliphatic heterocycles. The summed E-state index contributed by atoms with van der Waals surface area (Å²) in [6, 6.07) is 42.2. The molecular formula is C51H31N3O. The first-order chi connectivity index (χ1) is 30.5. The van der Waals surface area contributed by atoms with Crippen molar-refractivity contribution in [3.63, 3.8) is 0 Å². The van der Waals surface area contributed by atoms with Crippen LogP contribution in [0.25, 0.3) is 111 Å². The van der Waals surface area contributed by atoms with E-state index in [9.17, 15) is 1.37 Å². The lowest BCUT2D eigenvalue weighted by atomic mass is 9.91. The topological polar surface area (TPSA) is 51.8 Å². The smallest absolute Gasteiger partial charge is 0.164 e. The van der Waals surface area contributed by atoms with Gasteiger partial charge in [0.25, 0.3) is 0 Å². The van der Waals surface area contributed by atoms with Crippen LogP contribution in [-0.4, -0.2) is 15.0 Å². The van der Waals surface area contributed by atoms with Gasteiger partial charge in [0, 0.05) is 27.5 Å². The molecule has 0 saturated carbocycles. The number of furan rings is 1. The fourth-order valence-corrected chi connectivity index (χ4v) is 7.59. The molecular weight excluding hydrogens is 671 g/mol. The summed E-state index contributed by atoms with van der Waals surface area (Å²) in [5.41, 5.74) is 4.21. The van der Waals surface area contributed by atoms with Gasteiger partial charge in [-0.25, -0.2) is 15.0 Å². The van der Waals surface area contributed by atoms with Gasteiger partial charge in [-0.2, -0.15) is 0 Å². The van der Waals surface area contributed by atoms with E-state index in [0.717, 1.165) is 43.4 Å². The highest BCUT2D eigenvalue weighted by atomic mass is 16.3. The zero-order valence-corrected chi connectivity index (χ0v) is 29.0. The minimum Gasteiger partial charge on any atom is -0.456 e. The van der Waals surface area contributed by atoms with Crippen molar-refractivity contribution in [1.82, 2.24) is 15.0 Å². The Labute approximate surface area is 328 Å². The molecule has 0 N–H and O–H groups in total. The van der Waals surface area contributed by atoms with Crippen molar-refractivity contribution in [1.29, 1.82) is 0 Å². The van der Waals surface area contributed by atoms with Crippen molar-refractivity contribution in [2.45, 2.75) is 0 Å². The molecule has 0 aliphatic carbocycles. The van der Waals surface area contributed by atoms with Crippen LogP contribution in [0.4, 0.5) is 0 Å². The van der Waals surface area contributed by atoms with E-state index in [-0.39, 0.29) is 52.3 Å². The summed E-state index contributed by atoms with van der Waals surface area (Å²) in [6.07, 6.45) is 0. The molecule has 2 heterocycles. The Hall–Kier alpha value is -7.43. The SMILES string of the molecule is [2H]c1cc([2H])c2oc3cc(-c4ccc5c6ccccc6c6ccccc6c5c4)c([2H])c(-c4nc(-c5ccc(-c6ccccc6)cc5)nc(-c5c([2H])c([2H])c([2H])c([2H])c5[2H])n4)c3c2c1. The zero-order valence-electron chi connectivity index (χ0n) is 37.0. The number of hydrogen-bond acceptors (Lipinski definition) is 4. The number of nitrogens with zero attached hydrogens (tertiary/aromatic N) is 3. The molecule has 11 aromatic rings. The van der Waals surface area contributed by atoms with Crippen molar-refractivity contribution in [3.8, 4) is 56.4 Å². The van der Waals surface area contributed by atoms with Gasteiger partial charge in [0.2, 0.25) is 0 Å². The van der Waals surface area contributed by atoms with E-state index in [1.165, 1.54) is 6.07 Å². The predicted octanol–water partition coefficient (Wildman–Crippen LogP) is 13.6. The fraction of sp³-hybridized carbons (Fsp3) is 0. The highest BCUT2D eigenvalue weighted by molar-refractivity contribution is 6.26. The van der Waals surface area contributed by atoms with E-state index >= 15 is 0 Å². The second-order valence-corrected chi connectivity index (χ2v) is 13.3. The van der Waals surface area contributed by atoms with Crippen LogP contribution in [0.1, 0.15) is 11.0 Å². The van der Waals surface area contributed by atoms with Crippen molar-refractivity contribution in [3.05, 3.63) is 188 Å².